The average Bonchev–Trinajstić information content (AvgIpc) is 2.94. The van der Waals surface area contributed by atoms with Crippen molar-refractivity contribution in [3.63, 3.8) is 0 Å². The van der Waals surface area contributed by atoms with Crippen molar-refractivity contribution in [1.29, 1.82) is 10.5 Å². The Bertz CT molecular complexity index is 1220. The fourth-order valence-electron chi connectivity index (χ4n) is 4.57. The summed E-state index contributed by atoms with van der Waals surface area (Å²) in [6.45, 7) is 13.0. The number of ether oxygens (including phenoxy) is 2. The zero-order valence-electron chi connectivity index (χ0n) is 24.4. The van der Waals surface area contributed by atoms with Crippen LogP contribution in [0.15, 0.2) is 29.3 Å². The lowest BCUT2D eigenvalue weighted by atomic mass is 10.0. The molecule has 0 spiro atoms. The van der Waals surface area contributed by atoms with E-state index in [1.165, 1.54) is 18.7 Å². The fraction of sp³-hybridized carbons (Fsp3) is 0.548. The average molecular weight is 564 g/mol. The summed E-state index contributed by atoms with van der Waals surface area (Å²) in [5.41, 5.74) is 3.75. The van der Waals surface area contributed by atoms with Gasteiger partial charge in [0.1, 0.15) is 23.0 Å². The van der Waals surface area contributed by atoms with Crippen molar-refractivity contribution in [1.82, 2.24) is 10.3 Å². The van der Waals surface area contributed by atoms with Gasteiger partial charge in [0, 0.05) is 45.5 Å². The molecule has 1 saturated heterocycles. The Labute approximate surface area is 243 Å². The van der Waals surface area contributed by atoms with Crippen molar-refractivity contribution in [2.24, 2.45) is 0 Å². The predicted molar refractivity (Wildman–Crippen MR) is 158 cm³/mol. The number of nitriles is 2. The van der Waals surface area contributed by atoms with Gasteiger partial charge in [0.05, 0.1) is 22.8 Å². The van der Waals surface area contributed by atoms with Gasteiger partial charge in [-0.2, -0.15) is 10.5 Å². The number of anilines is 1. The summed E-state index contributed by atoms with van der Waals surface area (Å²) >= 11 is 1.52. The Morgan fingerprint density at radius 3 is 2.33 bits per heavy atom. The number of hydrogen-bond donors (Lipinski definition) is 1. The van der Waals surface area contributed by atoms with Crippen LogP contribution in [0.1, 0.15) is 81.7 Å². The first-order valence-electron chi connectivity index (χ1n) is 14.0. The minimum Gasteiger partial charge on any atom is -0.378 e. The van der Waals surface area contributed by atoms with Gasteiger partial charge in [-0.1, -0.05) is 31.2 Å². The summed E-state index contributed by atoms with van der Waals surface area (Å²) in [6, 6.07) is 12.7. The van der Waals surface area contributed by atoms with Gasteiger partial charge in [0.15, 0.2) is 0 Å². The Morgan fingerprint density at radius 2 is 1.75 bits per heavy atom. The highest BCUT2D eigenvalue weighted by Gasteiger charge is 2.26. The second-order valence-corrected chi connectivity index (χ2v) is 11.9. The van der Waals surface area contributed by atoms with Gasteiger partial charge in [-0.3, -0.25) is 4.79 Å². The quantitative estimate of drug-likeness (QED) is 0.266. The molecular formula is C31H41N5O3S. The Morgan fingerprint density at radius 1 is 1.10 bits per heavy atom. The van der Waals surface area contributed by atoms with Gasteiger partial charge in [-0.15, -0.1) is 11.8 Å². The maximum absolute atomic E-state index is 11.2. The molecule has 0 aliphatic carbocycles. The molecule has 2 aromatic rings. The number of nitrogens with one attached hydrogen (secondary N) is 1. The number of benzene rings is 1. The molecule has 1 aromatic heterocycles. The van der Waals surface area contributed by atoms with E-state index in [0.29, 0.717) is 53.9 Å². The van der Waals surface area contributed by atoms with E-state index >= 15 is 0 Å². The summed E-state index contributed by atoms with van der Waals surface area (Å²) in [6.07, 6.45) is 3.36. The smallest absolute Gasteiger partial charge is 0.217 e. The van der Waals surface area contributed by atoms with E-state index < -0.39 is 0 Å². The topological polar surface area (TPSA) is 111 Å². The lowest BCUT2D eigenvalue weighted by Crippen LogP contribution is -2.38. The van der Waals surface area contributed by atoms with E-state index in [0.717, 1.165) is 49.0 Å². The molecule has 2 heterocycles. The number of hydrogen-bond acceptors (Lipinski definition) is 8. The molecule has 1 amide bonds. The molecule has 0 radical (unpaired) electrons. The van der Waals surface area contributed by atoms with Crippen LogP contribution in [0.5, 0.6) is 0 Å². The second kappa shape index (κ2) is 15.0. The van der Waals surface area contributed by atoms with Gasteiger partial charge < -0.3 is 19.7 Å². The van der Waals surface area contributed by atoms with Crippen LogP contribution in [-0.2, 0) is 33.0 Å². The van der Waals surface area contributed by atoms with E-state index in [1.807, 2.05) is 31.2 Å². The summed E-state index contributed by atoms with van der Waals surface area (Å²) in [4.78, 5) is 18.2. The number of thioether (sulfide) groups is 1. The van der Waals surface area contributed by atoms with Crippen LogP contribution in [0.3, 0.4) is 0 Å². The number of pyridine rings is 1. The van der Waals surface area contributed by atoms with E-state index in [9.17, 15) is 15.3 Å². The van der Waals surface area contributed by atoms with E-state index in [2.05, 4.69) is 43.1 Å². The normalized spacial score (nSPS) is 14.0. The van der Waals surface area contributed by atoms with Crippen molar-refractivity contribution < 1.29 is 14.3 Å². The molecule has 40 heavy (non-hydrogen) atoms. The molecule has 3 rings (SSSR count). The van der Waals surface area contributed by atoms with Crippen molar-refractivity contribution in [3.8, 4) is 12.1 Å². The second-order valence-electron chi connectivity index (χ2n) is 10.9. The largest absolute Gasteiger partial charge is 0.378 e. The number of aromatic nitrogens is 1. The number of nitrogens with zero attached hydrogens (tertiary/aromatic N) is 4. The SMILES string of the molecule is CCc1c(C#N)c(SCc2ccc(CNC(C)=O)cc2)nc(N2CCC(OCCCOC(C)(C)C)CC2)c1C#N. The summed E-state index contributed by atoms with van der Waals surface area (Å²) in [5.74, 6) is 1.26. The Kier molecular flexibility index (Phi) is 11.8. The first kappa shape index (κ1) is 31.4. The molecule has 0 bridgehead atoms. The molecule has 1 aliphatic rings. The van der Waals surface area contributed by atoms with Crippen LogP contribution < -0.4 is 10.2 Å². The number of carbonyl (C=O) groups is 1. The molecule has 1 N–H and O–H groups in total. The molecule has 214 valence electrons. The first-order chi connectivity index (χ1) is 19.1. The highest BCUT2D eigenvalue weighted by atomic mass is 32.2. The van der Waals surface area contributed by atoms with Crippen molar-refractivity contribution >= 4 is 23.5 Å². The summed E-state index contributed by atoms with van der Waals surface area (Å²) in [7, 11) is 0. The lowest BCUT2D eigenvalue weighted by molar-refractivity contribution is -0.119. The Hall–Kier alpha value is -3.11. The maximum Gasteiger partial charge on any atom is 0.217 e. The highest BCUT2D eigenvalue weighted by molar-refractivity contribution is 7.98. The maximum atomic E-state index is 11.2. The van der Waals surface area contributed by atoms with Crippen LogP contribution in [0, 0.1) is 22.7 Å². The van der Waals surface area contributed by atoms with Gasteiger partial charge in [0.2, 0.25) is 5.91 Å². The number of amides is 1. The highest BCUT2D eigenvalue weighted by Crippen LogP contribution is 2.34. The summed E-state index contributed by atoms with van der Waals surface area (Å²) in [5, 5.41) is 23.5. The third-order valence-corrected chi connectivity index (χ3v) is 7.73. The van der Waals surface area contributed by atoms with Gasteiger partial charge in [-0.25, -0.2) is 4.98 Å². The van der Waals surface area contributed by atoms with Crippen LogP contribution in [0.4, 0.5) is 5.82 Å². The molecule has 8 nitrogen and oxygen atoms in total. The molecule has 1 aliphatic heterocycles. The fourth-order valence-corrected chi connectivity index (χ4v) is 5.53. The van der Waals surface area contributed by atoms with E-state index in [4.69, 9.17) is 14.5 Å². The number of rotatable bonds is 12. The molecule has 1 aromatic carbocycles. The molecule has 0 unspecified atom stereocenters. The molecule has 0 saturated carbocycles. The van der Waals surface area contributed by atoms with Crippen molar-refractivity contribution in [2.45, 2.75) is 89.3 Å². The minimum atomic E-state index is -0.133. The van der Waals surface area contributed by atoms with Gasteiger partial charge in [-0.05, 0) is 63.1 Å². The lowest BCUT2D eigenvalue weighted by Gasteiger charge is -2.34. The zero-order chi connectivity index (χ0) is 29.1. The van der Waals surface area contributed by atoms with Crippen LogP contribution in [0.2, 0.25) is 0 Å². The zero-order valence-corrected chi connectivity index (χ0v) is 25.2. The van der Waals surface area contributed by atoms with Crippen LogP contribution in [0.25, 0.3) is 0 Å². The predicted octanol–water partition coefficient (Wildman–Crippen LogP) is 5.51. The molecule has 1 fully saturated rings. The van der Waals surface area contributed by atoms with Crippen molar-refractivity contribution in [2.75, 3.05) is 31.2 Å². The molecule has 0 atom stereocenters. The minimum absolute atomic E-state index is 0.0588. The third-order valence-electron chi connectivity index (χ3n) is 6.68. The van der Waals surface area contributed by atoms with Gasteiger partial charge in [0.25, 0.3) is 0 Å². The van der Waals surface area contributed by atoms with Crippen LogP contribution in [-0.4, -0.2) is 48.9 Å². The number of piperidine rings is 1. The Balaban J connectivity index is 1.67. The first-order valence-corrected chi connectivity index (χ1v) is 15.0. The molecule has 9 heteroatoms. The van der Waals surface area contributed by atoms with Crippen molar-refractivity contribution in [3.05, 3.63) is 52.1 Å². The monoisotopic (exact) mass is 563 g/mol. The van der Waals surface area contributed by atoms with E-state index in [1.54, 1.807) is 0 Å². The third kappa shape index (κ3) is 9.23. The standard InChI is InChI=1S/C31H41N5O3S/c1-6-26-27(18-32)29(36-14-12-25(13-15-36)38-16-7-17-39-31(3,4)5)35-30(28(26)19-33)40-21-24-10-8-23(9-11-24)20-34-22(2)37/h8-11,25H,6-7,12-17,20-21H2,1-5H3,(H,34,37). The van der Waals surface area contributed by atoms with Crippen LogP contribution >= 0.6 is 11.8 Å². The summed E-state index contributed by atoms with van der Waals surface area (Å²) < 4.78 is 11.9. The number of carbonyl (C=O) groups excluding carboxylic acids is 1. The van der Waals surface area contributed by atoms with E-state index in [-0.39, 0.29) is 17.6 Å². The van der Waals surface area contributed by atoms with Gasteiger partial charge >= 0.3 is 0 Å². The molecular weight excluding hydrogens is 522 g/mol.